The Morgan fingerprint density at radius 2 is 1.73 bits per heavy atom. The Balaban J connectivity index is 1.80. The zero-order valence-electron chi connectivity index (χ0n) is 17.3. The van der Waals surface area contributed by atoms with Gasteiger partial charge in [0, 0.05) is 25.0 Å². The molecular weight excluding hydrogens is 400 g/mol. The molecule has 1 atom stereocenters. The van der Waals surface area contributed by atoms with Crippen LogP contribution in [0.4, 0.5) is 0 Å². The molecule has 0 heterocycles. The second-order valence-corrected chi connectivity index (χ2v) is 8.61. The Hall–Kier alpha value is -2.37. The van der Waals surface area contributed by atoms with Crippen LogP contribution in [-0.4, -0.2) is 34.0 Å². The smallest absolute Gasteiger partial charge is 0.225 e. The van der Waals surface area contributed by atoms with Crippen LogP contribution in [-0.2, 0) is 16.1 Å². The second-order valence-electron chi connectivity index (χ2n) is 8.18. The fourth-order valence-corrected chi connectivity index (χ4v) is 4.20. The van der Waals surface area contributed by atoms with E-state index in [2.05, 4.69) is 5.32 Å². The molecule has 30 heavy (non-hydrogen) atoms. The number of rotatable bonds is 8. The predicted molar refractivity (Wildman–Crippen MR) is 118 cm³/mol. The van der Waals surface area contributed by atoms with Crippen molar-refractivity contribution in [1.82, 2.24) is 10.2 Å². The third-order valence-electron chi connectivity index (χ3n) is 5.62. The monoisotopic (exact) mass is 428 g/mol. The summed E-state index contributed by atoms with van der Waals surface area (Å²) in [7, 11) is 0. The highest BCUT2D eigenvalue weighted by Gasteiger charge is 2.35. The van der Waals surface area contributed by atoms with Crippen molar-refractivity contribution in [1.29, 1.82) is 0 Å². The maximum absolute atomic E-state index is 13.3. The normalized spacial score (nSPS) is 16.1. The van der Waals surface area contributed by atoms with Crippen molar-refractivity contribution in [3.05, 3.63) is 70.7 Å². The minimum absolute atomic E-state index is 0.104. The molecule has 1 fully saturated rings. The second kappa shape index (κ2) is 10.1. The number of amides is 2. The third kappa shape index (κ3) is 6.31. The van der Waals surface area contributed by atoms with E-state index in [0.717, 1.165) is 24.0 Å². The van der Waals surface area contributed by atoms with Gasteiger partial charge in [0.15, 0.2) is 0 Å². The maximum atomic E-state index is 13.3. The van der Waals surface area contributed by atoms with Crippen molar-refractivity contribution in [3.8, 4) is 0 Å². The summed E-state index contributed by atoms with van der Waals surface area (Å²) in [5.74, 6) is -0.306. The van der Waals surface area contributed by atoms with E-state index in [0.29, 0.717) is 31.0 Å². The first kappa shape index (κ1) is 22.3. The van der Waals surface area contributed by atoms with Gasteiger partial charge in [-0.3, -0.25) is 9.59 Å². The summed E-state index contributed by atoms with van der Waals surface area (Å²) in [5.41, 5.74) is 0.992. The van der Waals surface area contributed by atoms with Crippen LogP contribution in [0, 0.1) is 0 Å². The zero-order chi connectivity index (χ0) is 21.6. The molecular formula is C24H29ClN2O3. The van der Waals surface area contributed by atoms with Crippen LogP contribution in [0.5, 0.6) is 0 Å². The van der Waals surface area contributed by atoms with Crippen molar-refractivity contribution < 1.29 is 14.7 Å². The van der Waals surface area contributed by atoms with E-state index in [9.17, 15) is 14.7 Å². The molecule has 1 aliphatic rings. The third-order valence-corrected chi connectivity index (χ3v) is 5.87. The SMILES string of the molecule is CC(=O)N[C@H](CC(=O)N(Cc1ccccc1)CC1(O)CCCC1)c1ccc(Cl)cc1. The van der Waals surface area contributed by atoms with Gasteiger partial charge >= 0.3 is 0 Å². The molecule has 2 aromatic carbocycles. The van der Waals surface area contributed by atoms with Gasteiger partial charge in [0.2, 0.25) is 11.8 Å². The number of carbonyl (C=O) groups is 2. The van der Waals surface area contributed by atoms with Crippen molar-refractivity contribution in [3.63, 3.8) is 0 Å². The Morgan fingerprint density at radius 1 is 1.10 bits per heavy atom. The number of benzene rings is 2. The number of nitrogens with zero attached hydrogens (tertiary/aromatic N) is 1. The van der Waals surface area contributed by atoms with E-state index < -0.39 is 11.6 Å². The Morgan fingerprint density at radius 3 is 2.33 bits per heavy atom. The lowest BCUT2D eigenvalue weighted by molar-refractivity contribution is -0.136. The van der Waals surface area contributed by atoms with Gasteiger partial charge in [0.05, 0.1) is 18.1 Å². The highest BCUT2D eigenvalue weighted by molar-refractivity contribution is 6.30. The first-order valence-corrected chi connectivity index (χ1v) is 10.8. The van der Waals surface area contributed by atoms with Gasteiger partial charge in [0.1, 0.15) is 0 Å². The molecule has 3 rings (SSSR count). The van der Waals surface area contributed by atoms with Crippen LogP contribution < -0.4 is 5.32 Å². The summed E-state index contributed by atoms with van der Waals surface area (Å²) in [6.45, 7) is 2.17. The van der Waals surface area contributed by atoms with Crippen LogP contribution in [0.2, 0.25) is 5.02 Å². The molecule has 2 aromatic rings. The molecule has 2 N–H and O–H groups in total. The van der Waals surface area contributed by atoms with Gasteiger partial charge in [-0.2, -0.15) is 0 Å². The van der Waals surface area contributed by atoms with E-state index in [4.69, 9.17) is 11.6 Å². The van der Waals surface area contributed by atoms with E-state index >= 15 is 0 Å². The average Bonchev–Trinajstić information content (AvgIpc) is 3.14. The first-order valence-electron chi connectivity index (χ1n) is 10.4. The van der Waals surface area contributed by atoms with Gasteiger partial charge in [-0.1, -0.05) is 66.9 Å². The molecule has 0 spiro atoms. The maximum Gasteiger partial charge on any atom is 0.225 e. The van der Waals surface area contributed by atoms with Gasteiger partial charge < -0.3 is 15.3 Å². The summed E-state index contributed by atoms with van der Waals surface area (Å²) in [6.07, 6.45) is 3.48. The molecule has 6 heteroatoms. The van der Waals surface area contributed by atoms with Crippen molar-refractivity contribution in [2.24, 2.45) is 0 Å². The largest absolute Gasteiger partial charge is 0.388 e. The van der Waals surface area contributed by atoms with Gasteiger partial charge in [-0.15, -0.1) is 0 Å². The van der Waals surface area contributed by atoms with Gasteiger partial charge in [-0.25, -0.2) is 0 Å². The van der Waals surface area contributed by atoms with Gasteiger partial charge in [-0.05, 0) is 36.1 Å². The van der Waals surface area contributed by atoms with Crippen molar-refractivity contribution in [2.45, 2.75) is 57.2 Å². The van der Waals surface area contributed by atoms with Gasteiger partial charge in [0.25, 0.3) is 0 Å². The molecule has 5 nitrogen and oxygen atoms in total. The van der Waals surface area contributed by atoms with E-state index in [-0.39, 0.29) is 18.2 Å². The van der Waals surface area contributed by atoms with Crippen molar-refractivity contribution >= 4 is 23.4 Å². The molecule has 2 amide bonds. The molecule has 1 saturated carbocycles. The molecule has 0 unspecified atom stereocenters. The number of halogens is 1. The molecule has 160 valence electrons. The summed E-state index contributed by atoms with van der Waals surface area (Å²) < 4.78 is 0. The zero-order valence-corrected chi connectivity index (χ0v) is 18.1. The van der Waals surface area contributed by atoms with Crippen LogP contribution in [0.25, 0.3) is 0 Å². The first-order chi connectivity index (χ1) is 14.3. The molecule has 0 saturated heterocycles. The Labute approximate surface area is 183 Å². The highest BCUT2D eigenvalue weighted by Crippen LogP contribution is 2.31. The quantitative estimate of drug-likeness (QED) is 0.660. The molecule has 0 aliphatic heterocycles. The Kier molecular flexibility index (Phi) is 7.51. The minimum atomic E-state index is -0.839. The molecule has 0 radical (unpaired) electrons. The average molecular weight is 429 g/mol. The lowest BCUT2D eigenvalue weighted by Gasteiger charge is -2.33. The van der Waals surface area contributed by atoms with E-state index in [1.54, 1.807) is 17.0 Å². The number of aliphatic hydroxyl groups is 1. The number of nitrogens with one attached hydrogen (secondary N) is 1. The summed E-state index contributed by atoms with van der Waals surface area (Å²) in [5, 5.41) is 14.4. The Bertz CT molecular complexity index is 849. The summed E-state index contributed by atoms with van der Waals surface area (Å²) in [6, 6.07) is 16.5. The topological polar surface area (TPSA) is 69.6 Å². The van der Waals surface area contributed by atoms with Crippen LogP contribution in [0.3, 0.4) is 0 Å². The van der Waals surface area contributed by atoms with E-state index in [1.807, 2.05) is 42.5 Å². The standard InChI is InChI=1S/C24H29ClN2O3/c1-18(28)26-22(20-9-11-21(25)12-10-20)15-23(29)27(16-19-7-3-2-4-8-19)17-24(30)13-5-6-14-24/h2-4,7-12,22,30H,5-6,13-17H2,1H3,(H,26,28)/t22-/m1/s1. The van der Waals surface area contributed by atoms with Crippen LogP contribution >= 0.6 is 11.6 Å². The number of carbonyl (C=O) groups excluding carboxylic acids is 2. The highest BCUT2D eigenvalue weighted by atomic mass is 35.5. The lowest BCUT2D eigenvalue weighted by Crippen LogP contribution is -2.45. The molecule has 0 bridgehead atoms. The minimum Gasteiger partial charge on any atom is -0.388 e. The van der Waals surface area contributed by atoms with Crippen molar-refractivity contribution in [2.75, 3.05) is 6.54 Å². The summed E-state index contributed by atoms with van der Waals surface area (Å²) >= 11 is 5.99. The van der Waals surface area contributed by atoms with Crippen LogP contribution in [0.15, 0.2) is 54.6 Å². The number of hydrogen-bond donors (Lipinski definition) is 2. The molecule has 1 aliphatic carbocycles. The number of hydrogen-bond acceptors (Lipinski definition) is 3. The summed E-state index contributed by atoms with van der Waals surface area (Å²) in [4.78, 5) is 26.8. The van der Waals surface area contributed by atoms with Crippen LogP contribution in [0.1, 0.15) is 56.2 Å². The lowest BCUT2D eigenvalue weighted by atomic mass is 9.99. The van der Waals surface area contributed by atoms with E-state index in [1.165, 1.54) is 6.92 Å². The fourth-order valence-electron chi connectivity index (χ4n) is 4.08. The predicted octanol–water partition coefficient (Wildman–Crippen LogP) is 4.24. The molecule has 0 aromatic heterocycles. The fraction of sp³-hybridized carbons (Fsp3) is 0.417.